The molecule has 1 aromatic carbocycles. The normalized spacial score (nSPS) is 22.8. The van der Waals surface area contributed by atoms with Crippen molar-refractivity contribution in [2.24, 2.45) is 0 Å². The zero-order valence-corrected chi connectivity index (χ0v) is 13.0. The summed E-state index contributed by atoms with van der Waals surface area (Å²) in [5.41, 5.74) is 4.60. The monoisotopic (exact) mass is 275 g/mol. The van der Waals surface area contributed by atoms with Crippen LogP contribution >= 0.6 is 0 Å². The summed E-state index contributed by atoms with van der Waals surface area (Å²) in [4.78, 5) is 4.27. The van der Waals surface area contributed by atoms with Crippen LogP contribution < -0.4 is 15.1 Å². The average molecular weight is 275 g/mol. The molecule has 3 nitrogen and oxygen atoms in total. The first-order valence-electron chi connectivity index (χ1n) is 8.37. The second-order valence-corrected chi connectivity index (χ2v) is 6.20. The molecule has 0 aromatic heterocycles. The third-order valence-corrected chi connectivity index (χ3v) is 5.14. The van der Waals surface area contributed by atoms with E-state index in [9.17, 15) is 0 Å². The van der Waals surface area contributed by atoms with Crippen LogP contribution in [0.15, 0.2) is 18.2 Å². The van der Waals surface area contributed by atoms with Gasteiger partial charge in [-0.05, 0) is 26.0 Å². The van der Waals surface area contributed by atoms with Gasteiger partial charge in [-0.15, -0.1) is 0 Å². The number of likely N-dealkylation sites (tertiary alicyclic amines) is 1. The van der Waals surface area contributed by atoms with Crippen molar-refractivity contribution in [1.82, 2.24) is 0 Å². The Balaban J connectivity index is 1.87. The van der Waals surface area contributed by atoms with Crippen LogP contribution in [0.1, 0.15) is 43.9 Å². The number of rotatable bonds is 4. The van der Waals surface area contributed by atoms with Gasteiger partial charge >= 0.3 is 0 Å². The molecule has 2 aliphatic heterocycles. The number of nitrogens with zero attached hydrogens (tertiary/aromatic N) is 1. The van der Waals surface area contributed by atoms with Gasteiger partial charge in [0.15, 0.2) is 6.04 Å². The topological polar surface area (TPSA) is 24.3 Å². The summed E-state index contributed by atoms with van der Waals surface area (Å²) < 4.78 is 0. The number of benzene rings is 1. The molecule has 110 valence electrons. The molecule has 1 atom stereocenters. The van der Waals surface area contributed by atoms with Crippen molar-refractivity contribution in [3.8, 4) is 0 Å². The molecule has 1 fully saturated rings. The lowest BCUT2D eigenvalue weighted by Crippen LogP contribution is -3.13. The Bertz CT molecular complexity index is 448. The molecule has 1 aromatic rings. The Kier molecular flexibility index (Phi) is 4.27. The molecule has 3 N–H and O–H groups in total. The first kappa shape index (κ1) is 13.9. The number of hydrogen-bond acceptors (Lipinski definition) is 1. The molecule has 0 unspecified atom stereocenters. The Morgan fingerprint density at radius 2 is 1.95 bits per heavy atom. The molecule has 2 heterocycles. The molecule has 0 saturated carbocycles. The van der Waals surface area contributed by atoms with Crippen molar-refractivity contribution in [2.75, 3.05) is 37.6 Å². The lowest BCUT2D eigenvalue weighted by atomic mass is 9.95. The van der Waals surface area contributed by atoms with Crippen LogP contribution in [-0.2, 0) is 6.54 Å². The van der Waals surface area contributed by atoms with Gasteiger partial charge in [0.1, 0.15) is 13.1 Å². The predicted molar refractivity (Wildman–Crippen MR) is 83.2 cm³/mol. The van der Waals surface area contributed by atoms with Crippen molar-refractivity contribution in [3.05, 3.63) is 29.3 Å². The maximum atomic E-state index is 2.50. The third kappa shape index (κ3) is 2.57. The average Bonchev–Trinajstić information content (AvgIpc) is 3.02. The van der Waals surface area contributed by atoms with Crippen LogP contribution in [0.3, 0.4) is 0 Å². The van der Waals surface area contributed by atoms with Gasteiger partial charge in [-0.2, -0.15) is 0 Å². The summed E-state index contributed by atoms with van der Waals surface area (Å²) in [6, 6.07) is 7.94. The highest BCUT2D eigenvalue weighted by atomic mass is 15.2. The number of hydrogen-bond donors (Lipinski definition) is 2. The summed E-state index contributed by atoms with van der Waals surface area (Å²) in [7, 11) is 0. The predicted octanol–water partition coefficient (Wildman–Crippen LogP) is 0.330. The standard InChI is InChI=1S/C17H27N3/c1-3-19(4-2)15-7-8-16-14(11-15)12-18-13-17(16)20-9-5-6-10-20/h7-8,11,17-18H,3-6,9-10,12-13H2,1-2H3/p+2/t17-/m1/s1. The van der Waals surface area contributed by atoms with Gasteiger partial charge in [0.2, 0.25) is 0 Å². The van der Waals surface area contributed by atoms with E-state index < -0.39 is 0 Å². The Labute approximate surface area is 123 Å². The number of quaternary nitrogens is 2. The number of nitrogens with two attached hydrogens (primary N) is 1. The van der Waals surface area contributed by atoms with Crippen LogP contribution in [-0.4, -0.2) is 32.7 Å². The Morgan fingerprint density at radius 1 is 1.20 bits per heavy atom. The first-order chi connectivity index (χ1) is 9.83. The van der Waals surface area contributed by atoms with Crippen LogP contribution in [0.2, 0.25) is 0 Å². The van der Waals surface area contributed by atoms with E-state index in [0.29, 0.717) is 0 Å². The molecule has 0 amide bonds. The minimum absolute atomic E-state index is 0.729. The van der Waals surface area contributed by atoms with Crippen molar-refractivity contribution >= 4 is 5.69 Å². The minimum Gasteiger partial charge on any atom is -0.372 e. The summed E-state index contributed by atoms with van der Waals surface area (Å²) in [6.45, 7) is 11.9. The maximum absolute atomic E-state index is 2.50. The fourth-order valence-electron chi connectivity index (χ4n) is 3.99. The smallest absolute Gasteiger partial charge is 0.163 e. The van der Waals surface area contributed by atoms with Crippen molar-refractivity contribution in [2.45, 2.75) is 39.3 Å². The molecule has 20 heavy (non-hydrogen) atoms. The molecule has 1 saturated heterocycles. The molecule has 2 aliphatic rings. The summed E-state index contributed by atoms with van der Waals surface area (Å²) >= 11 is 0. The number of nitrogens with one attached hydrogen (secondary N) is 1. The SMILES string of the molecule is CCN(CC)c1ccc2c(c1)C[NH2+]C[C@H]2[NH+]1CCCC1. The highest BCUT2D eigenvalue weighted by Gasteiger charge is 2.33. The second-order valence-electron chi connectivity index (χ2n) is 6.20. The van der Waals surface area contributed by atoms with Gasteiger partial charge in [-0.1, -0.05) is 6.07 Å². The van der Waals surface area contributed by atoms with E-state index in [4.69, 9.17) is 0 Å². The van der Waals surface area contributed by atoms with E-state index in [1.54, 1.807) is 11.1 Å². The van der Waals surface area contributed by atoms with Crippen LogP contribution in [0.5, 0.6) is 0 Å². The lowest BCUT2D eigenvalue weighted by Gasteiger charge is -2.30. The van der Waals surface area contributed by atoms with E-state index in [0.717, 1.165) is 25.7 Å². The van der Waals surface area contributed by atoms with Crippen LogP contribution in [0.25, 0.3) is 0 Å². The fourth-order valence-corrected chi connectivity index (χ4v) is 3.99. The lowest BCUT2D eigenvalue weighted by molar-refractivity contribution is -0.937. The van der Waals surface area contributed by atoms with Gasteiger partial charge in [-0.25, -0.2) is 0 Å². The van der Waals surface area contributed by atoms with Crippen molar-refractivity contribution in [3.63, 3.8) is 0 Å². The maximum Gasteiger partial charge on any atom is 0.163 e. The second kappa shape index (κ2) is 6.15. The third-order valence-electron chi connectivity index (χ3n) is 5.14. The van der Waals surface area contributed by atoms with Gasteiger partial charge in [0.05, 0.1) is 13.1 Å². The minimum atomic E-state index is 0.729. The van der Waals surface area contributed by atoms with Crippen molar-refractivity contribution in [1.29, 1.82) is 0 Å². The van der Waals surface area contributed by atoms with Gasteiger partial charge in [0.25, 0.3) is 0 Å². The molecule has 0 aliphatic carbocycles. The van der Waals surface area contributed by atoms with Gasteiger partial charge < -0.3 is 15.1 Å². The Morgan fingerprint density at radius 3 is 2.65 bits per heavy atom. The van der Waals surface area contributed by atoms with Gasteiger partial charge in [0, 0.05) is 42.7 Å². The van der Waals surface area contributed by atoms with E-state index in [1.165, 1.54) is 38.2 Å². The largest absolute Gasteiger partial charge is 0.372 e. The fraction of sp³-hybridized carbons (Fsp3) is 0.647. The molecule has 3 heteroatoms. The van der Waals surface area contributed by atoms with Crippen molar-refractivity contribution < 1.29 is 10.2 Å². The van der Waals surface area contributed by atoms with E-state index in [1.807, 2.05) is 4.90 Å². The van der Waals surface area contributed by atoms with Crippen LogP contribution in [0, 0.1) is 0 Å². The zero-order valence-electron chi connectivity index (χ0n) is 13.0. The molecular weight excluding hydrogens is 246 g/mol. The zero-order chi connectivity index (χ0) is 13.9. The highest BCUT2D eigenvalue weighted by Crippen LogP contribution is 2.24. The highest BCUT2D eigenvalue weighted by molar-refractivity contribution is 5.51. The summed E-state index contributed by atoms with van der Waals surface area (Å²) in [5, 5.41) is 2.50. The molecule has 0 radical (unpaired) electrons. The molecular formula is C17H29N3+2. The summed E-state index contributed by atoms with van der Waals surface area (Å²) in [5.74, 6) is 0. The van der Waals surface area contributed by atoms with E-state index >= 15 is 0 Å². The molecule has 0 bridgehead atoms. The Hall–Kier alpha value is -1.06. The van der Waals surface area contributed by atoms with Crippen LogP contribution in [0.4, 0.5) is 5.69 Å². The van der Waals surface area contributed by atoms with E-state index in [2.05, 4.69) is 42.3 Å². The quantitative estimate of drug-likeness (QED) is 0.813. The molecule has 3 rings (SSSR count). The van der Waals surface area contributed by atoms with Gasteiger partial charge in [-0.3, -0.25) is 0 Å². The number of fused-ring (bicyclic) bond motifs is 1. The number of anilines is 1. The van der Waals surface area contributed by atoms with E-state index in [-0.39, 0.29) is 0 Å². The summed E-state index contributed by atoms with van der Waals surface area (Å²) in [6.07, 6.45) is 2.83. The first-order valence-corrected chi connectivity index (χ1v) is 8.37. The molecule has 0 spiro atoms.